The molecule has 0 aliphatic carbocycles. The average molecular weight is 388 g/mol. The van der Waals surface area contributed by atoms with E-state index in [0.29, 0.717) is 6.42 Å². The van der Waals surface area contributed by atoms with Gasteiger partial charge in [0.15, 0.2) is 0 Å². The van der Waals surface area contributed by atoms with Crippen LogP contribution in [0.4, 0.5) is 5.00 Å². The van der Waals surface area contributed by atoms with Gasteiger partial charge < -0.3 is 15.5 Å². The highest BCUT2D eigenvalue weighted by Crippen LogP contribution is 2.23. The van der Waals surface area contributed by atoms with E-state index in [1.807, 2.05) is 35.2 Å². The van der Waals surface area contributed by atoms with Crippen LogP contribution in [0.3, 0.4) is 0 Å². The third-order valence-electron chi connectivity index (χ3n) is 4.07. The van der Waals surface area contributed by atoms with Crippen molar-refractivity contribution in [2.75, 3.05) is 31.1 Å². The summed E-state index contributed by atoms with van der Waals surface area (Å²) in [4.78, 5) is 16.7. The third kappa shape index (κ3) is 5.11. The fourth-order valence-electron chi connectivity index (χ4n) is 2.76. The van der Waals surface area contributed by atoms with Crippen molar-refractivity contribution in [2.24, 2.45) is 5.73 Å². The van der Waals surface area contributed by atoms with Gasteiger partial charge in [0.25, 0.3) is 0 Å². The largest absolute Gasteiger partial charge is 0.360 e. The van der Waals surface area contributed by atoms with Crippen molar-refractivity contribution in [3.05, 3.63) is 53.4 Å². The smallest absolute Gasteiger partial charge is 0.224 e. The van der Waals surface area contributed by atoms with E-state index in [1.165, 1.54) is 5.00 Å². The summed E-state index contributed by atoms with van der Waals surface area (Å²) >= 11 is 1.75. The molecule has 1 unspecified atom stereocenters. The molecule has 2 aromatic rings. The summed E-state index contributed by atoms with van der Waals surface area (Å²) in [5.74, 6) is 0.155. The number of hydrogen-bond acceptors (Lipinski definition) is 4. The number of nitrogens with zero attached hydrogens (tertiary/aromatic N) is 2. The Hall–Kier alpha value is -1.27. The molecular weight excluding hydrogens is 365 g/mol. The van der Waals surface area contributed by atoms with E-state index in [-0.39, 0.29) is 36.8 Å². The molecule has 3 rings (SSSR count). The highest BCUT2D eigenvalue weighted by atomic mass is 35.5. The molecule has 132 valence electrons. The Morgan fingerprint density at radius 2 is 1.71 bits per heavy atom. The molecule has 1 aliphatic rings. The Balaban J connectivity index is 0.00000144. The van der Waals surface area contributed by atoms with Crippen LogP contribution in [0.2, 0.25) is 0 Å². The summed E-state index contributed by atoms with van der Waals surface area (Å²) in [6, 6.07) is 13.8. The second-order valence-corrected chi connectivity index (χ2v) is 6.47. The number of hydrogen-bond donors (Lipinski definition) is 1. The first-order chi connectivity index (χ1) is 10.7. The highest BCUT2D eigenvalue weighted by molar-refractivity contribution is 7.14. The molecule has 0 bridgehead atoms. The topological polar surface area (TPSA) is 49.6 Å². The number of amides is 1. The molecule has 1 aliphatic heterocycles. The Bertz CT molecular complexity index is 602. The Kier molecular flexibility index (Phi) is 8.56. The van der Waals surface area contributed by atoms with Crippen molar-refractivity contribution in [2.45, 2.75) is 12.5 Å². The van der Waals surface area contributed by atoms with Gasteiger partial charge in [-0.05, 0) is 23.1 Å². The van der Waals surface area contributed by atoms with E-state index in [1.54, 1.807) is 11.3 Å². The van der Waals surface area contributed by atoms with Gasteiger partial charge in [-0.3, -0.25) is 4.79 Å². The minimum absolute atomic E-state index is 0. The van der Waals surface area contributed by atoms with Crippen molar-refractivity contribution in [1.29, 1.82) is 0 Å². The predicted octanol–water partition coefficient (Wildman–Crippen LogP) is 3.33. The molecule has 1 aromatic carbocycles. The molecule has 0 spiro atoms. The van der Waals surface area contributed by atoms with Gasteiger partial charge in [-0.1, -0.05) is 30.3 Å². The molecule has 4 nitrogen and oxygen atoms in total. The normalized spacial score (nSPS) is 15.2. The number of anilines is 1. The first-order valence-corrected chi connectivity index (χ1v) is 8.49. The molecule has 24 heavy (non-hydrogen) atoms. The van der Waals surface area contributed by atoms with E-state index in [0.717, 1.165) is 31.7 Å². The quantitative estimate of drug-likeness (QED) is 0.874. The van der Waals surface area contributed by atoms with Crippen LogP contribution in [0.1, 0.15) is 18.0 Å². The zero-order valence-corrected chi connectivity index (χ0v) is 15.8. The van der Waals surface area contributed by atoms with Gasteiger partial charge in [0.2, 0.25) is 5.91 Å². The second kappa shape index (κ2) is 9.89. The minimum Gasteiger partial charge on any atom is -0.360 e. The fourth-order valence-corrected chi connectivity index (χ4v) is 3.55. The summed E-state index contributed by atoms with van der Waals surface area (Å²) in [7, 11) is 0. The van der Waals surface area contributed by atoms with Crippen molar-refractivity contribution >= 4 is 47.1 Å². The van der Waals surface area contributed by atoms with Crippen LogP contribution in [0, 0.1) is 0 Å². The van der Waals surface area contributed by atoms with Gasteiger partial charge in [0.1, 0.15) is 0 Å². The van der Waals surface area contributed by atoms with Crippen molar-refractivity contribution in [1.82, 2.24) is 4.90 Å². The van der Waals surface area contributed by atoms with Crippen LogP contribution < -0.4 is 10.6 Å². The van der Waals surface area contributed by atoms with E-state index in [2.05, 4.69) is 22.4 Å². The molecular formula is C17H23Cl2N3OS. The number of nitrogens with two attached hydrogens (primary N) is 1. The molecule has 1 saturated heterocycles. The lowest BCUT2D eigenvalue weighted by molar-refractivity contribution is -0.131. The average Bonchev–Trinajstić information content (AvgIpc) is 3.10. The standard InChI is InChI=1S/C17H21N3OS.2ClH/c18-15(14-5-2-1-3-6-14)13-16(21)19-8-10-20(11-9-19)17-7-4-12-22-17;;/h1-7,12,15H,8-11,13,18H2;2*1H. The van der Waals surface area contributed by atoms with Crippen LogP contribution >= 0.6 is 36.2 Å². The summed E-state index contributed by atoms with van der Waals surface area (Å²) in [5, 5.41) is 3.37. The summed E-state index contributed by atoms with van der Waals surface area (Å²) in [6.07, 6.45) is 0.378. The Morgan fingerprint density at radius 1 is 1.04 bits per heavy atom. The molecule has 2 heterocycles. The number of halogens is 2. The SMILES string of the molecule is Cl.Cl.NC(CC(=O)N1CCN(c2cccs2)CC1)c1ccccc1. The molecule has 0 saturated carbocycles. The second-order valence-electron chi connectivity index (χ2n) is 5.54. The van der Waals surface area contributed by atoms with Crippen LogP contribution in [0.15, 0.2) is 47.8 Å². The van der Waals surface area contributed by atoms with Crippen LogP contribution in [0.25, 0.3) is 0 Å². The van der Waals surface area contributed by atoms with Gasteiger partial charge in [-0.15, -0.1) is 36.2 Å². The van der Waals surface area contributed by atoms with Crippen LogP contribution in [-0.4, -0.2) is 37.0 Å². The number of rotatable bonds is 4. The Morgan fingerprint density at radius 3 is 2.29 bits per heavy atom. The maximum absolute atomic E-state index is 12.4. The highest BCUT2D eigenvalue weighted by Gasteiger charge is 2.23. The van der Waals surface area contributed by atoms with Gasteiger partial charge in [0.05, 0.1) is 5.00 Å². The zero-order valence-electron chi connectivity index (χ0n) is 13.3. The predicted molar refractivity (Wildman–Crippen MR) is 106 cm³/mol. The number of thiophene rings is 1. The first-order valence-electron chi connectivity index (χ1n) is 7.61. The summed E-state index contributed by atoms with van der Waals surface area (Å²) in [5.41, 5.74) is 7.17. The first kappa shape index (κ1) is 20.8. The summed E-state index contributed by atoms with van der Waals surface area (Å²) < 4.78 is 0. The van der Waals surface area contributed by atoms with Crippen molar-refractivity contribution in [3.8, 4) is 0 Å². The lowest BCUT2D eigenvalue weighted by Gasteiger charge is -2.35. The van der Waals surface area contributed by atoms with E-state index < -0.39 is 0 Å². The monoisotopic (exact) mass is 387 g/mol. The number of carbonyl (C=O) groups excluding carboxylic acids is 1. The zero-order chi connectivity index (χ0) is 15.4. The Labute approximate surface area is 159 Å². The van der Waals surface area contributed by atoms with Crippen LogP contribution in [-0.2, 0) is 4.79 Å². The molecule has 1 amide bonds. The van der Waals surface area contributed by atoms with E-state index in [9.17, 15) is 4.79 Å². The van der Waals surface area contributed by atoms with Gasteiger partial charge >= 0.3 is 0 Å². The third-order valence-corrected chi connectivity index (χ3v) is 5.00. The maximum Gasteiger partial charge on any atom is 0.224 e. The van der Waals surface area contributed by atoms with Gasteiger partial charge in [-0.2, -0.15) is 0 Å². The van der Waals surface area contributed by atoms with Gasteiger partial charge in [-0.25, -0.2) is 0 Å². The number of piperazine rings is 1. The van der Waals surface area contributed by atoms with Crippen molar-refractivity contribution in [3.63, 3.8) is 0 Å². The number of carbonyl (C=O) groups is 1. The minimum atomic E-state index is -0.218. The van der Waals surface area contributed by atoms with E-state index >= 15 is 0 Å². The fraction of sp³-hybridized carbons (Fsp3) is 0.353. The summed E-state index contributed by atoms with van der Waals surface area (Å²) in [6.45, 7) is 3.34. The van der Waals surface area contributed by atoms with E-state index in [4.69, 9.17) is 5.73 Å². The molecule has 1 fully saturated rings. The van der Waals surface area contributed by atoms with Gasteiger partial charge in [0, 0.05) is 38.6 Å². The molecule has 1 aromatic heterocycles. The number of benzene rings is 1. The lowest BCUT2D eigenvalue weighted by Crippen LogP contribution is -2.49. The lowest BCUT2D eigenvalue weighted by atomic mass is 10.0. The maximum atomic E-state index is 12.4. The van der Waals surface area contributed by atoms with Crippen molar-refractivity contribution < 1.29 is 4.79 Å². The molecule has 0 radical (unpaired) electrons. The molecule has 7 heteroatoms. The molecule has 2 N–H and O–H groups in total. The molecule has 1 atom stereocenters. The van der Waals surface area contributed by atoms with Crippen LogP contribution in [0.5, 0.6) is 0 Å².